The molecule has 1 nitrogen and oxygen atoms in total. The van der Waals surface area contributed by atoms with Crippen LogP contribution in [0.4, 0.5) is 0 Å². The maximum Gasteiger partial charge on any atom is 0.0541 e. The number of rotatable bonds is 4. The first kappa shape index (κ1) is 28.4. The lowest BCUT2D eigenvalue weighted by molar-refractivity contribution is 0.665. The average molecular weight is 638 g/mol. The molecule has 0 radical (unpaired) electrons. The van der Waals surface area contributed by atoms with E-state index in [0.29, 0.717) is 5.92 Å². The van der Waals surface area contributed by atoms with Crippen molar-refractivity contribution in [1.82, 2.24) is 4.57 Å². The van der Waals surface area contributed by atoms with Crippen molar-refractivity contribution >= 4 is 56.6 Å². The summed E-state index contributed by atoms with van der Waals surface area (Å²) in [7, 11) is 0. The number of fused-ring (bicyclic) bond motifs is 10. The topological polar surface area (TPSA) is 4.93 Å². The number of nitrogens with zero attached hydrogens (tertiary/aromatic N) is 1. The minimum atomic E-state index is -0.0946. The van der Waals surface area contributed by atoms with Crippen LogP contribution in [0.5, 0.6) is 0 Å². The molecule has 2 heteroatoms. The van der Waals surface area contributed by atoms with Gasteiger partial charge in [0, 0.05) is 37.0 Å². The molecule has 1 saturated carbocycles. The number of benzene rings is 4. The molecule has 0 aliphatic heterocycles. The molecule has 1 fully saturated rings. The Labute approximate surface area is 287 Å². The highest BCUT2D eigenvalue weighted by Crippen LogP contribution is 2.55. The minimum Gasteiger partial charge on any atom is -0.309 e. The molecule has 2 aromatic heterocycles. The molecule has 0 bridgehead atoms. The van der Waals surface area contributed by atoms with Gasteiger partial charge in [-0.3, -0.25) is 0 Å². The Morgan fingerprint density at radius 3 is 2.58 bits per heavy atom. The summed E-state index contributed by atoms with van der Waals surface area (Å²) < 4.78 is 3.95. The summed E-state index contributed by atoms with van der Waals surface area (Å²) in [6, 6.07) is 29.8. The Balaban J connectivity index is 1.14. The lowest BCUT2D eigenvalue weighted by Crippen LogP contribution is -2.16. The zero-order chi connectivity index (χ0) is 32.1. The lowest BCUT2D eigenvalue weighted by atomic mass is 9.80. The molecular weight excluding hydrogens is 599 g/mol. The van der Waals surface area contributed by atoms with E-state index in [0.717, 1.165) is 19.3 Å². The van der Waals surface area contributed by atoms with Crippen molar-refractivity contribution in [2.45, 2.75) is 58.3 Å². The van der Waals surface area contributed by atoms with E-state index >= 15 is 0 Å². The number of aromatic nitrogens is 1. The van der Waals surface area contributed by atoms with E-state index in [1.807, 2.05) is 11.3 Å². The third-order valence-corrected chi connectivity index (χ3v) is 12.6. The van der Waals surface area contributed by atoms with Gasteiger partial charge in [0.15, 0.2) is 0 Å². The van der Waals surface area contributed by atoms with Crippen molar-refractivity contribution < 1.29 is 0 Å². The number of para-hydroxylation sites is 1. The van der Waals surface area contributed by atoms with Gasteiger partial charge in [-0.25, -0.2) is 0 Å². The van der Waals surface area contributed by atoms with E-state index in [4.69, 9.17) is 0 Å². The maximum absolute atomic E-state index is 2.52. The van der Waals surface area contributed by atoms with E-state index in [-0.39, 0.29) is 5.41 Å². The van der Waals surface area contributed by atoms with E-state index in [9.17, 15) is 0 Å². The Kier molecular flexibility index (Phi) is 6.16. The van der Waals surface area contributed by atoms with Gasteiger partial charge in [0.05, 0.1) is 11.2 Å². The predicted octanol–water partition coefficient (Wildman–Crippen LogP) is 12.7. The first-order valence-corrected chi connectivity index (χ1v) is 18.5. The molecule has 4 aliphatic carbocycles. The van der Waals surface area contributed by atoms with Gasteiger partial charge >= 0.3 is 0 Å². The van der Waals surface area contributed by atoms with Crippen LogP contribution in [0.2, 0.25) is 0 Å². The summed E-state index contributed by atoms with van der Waals surface area (Å²) in [6.45, 7) is 7.12. The zero-order valence-corrected chi connectivity index (χ0v) is 28.8. The van der Waals surface area contributed by atoms with Crippen molar-refractivity contribution in [2.75, 3.05) is 0 Å². The molecule has 0 spiro atoms. The number of aryl methyl sites for hydroxylation is 2. The first-order valence-electron chi connectivity index (χ1n) is 17.7. The molecule has 6 aromatic rings. The van der Waals surface area contributed by atoms with Crippen molar-refractivity contribution in [3.8, 4) is 16.8 Å². The summed E-state index contributed by atoms with van der Waals surface area (Å²) in [5.41, 5.74) is 17.9. The van der Waals surface area contributed by atoms with Crippen LogP contribution < -0.4 is 0 Å². The Hall–Kier alpha value is -4.66. The third kappa shape index (κ3) is 4.15. The van der Waals surface area contributed by atoms with Crippen LogP contribution in [0, 0.1) is 12.8 Å². The van der Waals surface area contributed by atoms with E-state index in [1.165, 1.54) is 101 Å². The van der Waals surface area contributed by atoms with Gasteiger partial charge in [-0.1, -0.05) is 92.7 Å². The van der Waals surface area contributed by atoms with Gasteiger partial charge < -0.3 is 4.57 Å². The normalized spacial score (nSPS) is 17.6. The molecule has 234 valence electrons. The Morgan fingerprint density at radius 2 is 1.71 bits per heavy atom. The summed E-state index contributed by atoms with van der Waals surface area (Å²) >= 11 is 2.00. The molecule has 0 unspecified atom stereocenters. The van der Waals surface area contributed by atoms with Crippen molar-refractivity contribution in [3.05, 3.63) is 146 Å². The highest BCUT2D eigenvalue weighted by Gasteiger charge is 2.39. The van der Waals surface area contributed by atoms with Crippen LogP contribution in [0.15, 0.2) is 102 Å². The van der Waals surface area contributed by atoms with Crippen LogP contribution in [0.1, 0.15) is 83.5 Å². The molecule has 2 heterocycles. The smallest absolute Gasteiger partial charge is 0.0541 e. The minimum absolute atomic E-state index is 0.0946. The summed E-state index contributed by atoms with van der Waals surface area (Å²) in [6.07, 6.45) is 20.4. The Morgan fingerprint density at radius 1 is 0.875 bits per heavy atom. The molecule has 10 rings (SSSR count). The molecule has 4 aromatic carbocycles. The van der Waals surface area contributed by atoms with Gasteiger partial charge in [-0.2, -0.15) is 0 Å². The summed E-state index contributed by atoms with van der Waals surface area (Å²) in [5, 5.41) is 2.81. The SMILES string of the molecule is Cc1ccccc1/C=C(/C1=Cc2c(n(-c3ccc4c(c3)C(C)(C)c3c-4ccc4sc5c(c34)C=CCC5)c3ccccc23)C=CC1)C1CC1. The van der Waals surface area contributed by atoms with E-state index < -0.39 is 0 Å². The van der Waals surface area contributed by atoms with Crippen molar-refractivity contribution in [1.29, 1.82) is 0 Å². The second kappa shape index (κ2) is 10.4. The molecule has 0 amide bonds. The molecule has 48 heavy (non-hydrogen) atoms. The summed E-state index contributed by atoms with van der Waals surface area (Å²) in [5.74, 6) is 0.663. The highest BCUT2D eigenvalue weighted by molar-refractivity contribution is 7.19. The number of thiophene rings is 1. The van der Waals surface area contributed by atoms with Crippen LogP contribution in [-0.4, -0.2) is 4.57 Å². The highest BCUT2D eigenvalue weighted by atomic mass is 32.1. The fourth-order valence-electron chi connectivity index (χ4n) is 8.87. The van der Waals surface area contributed by atoms with Crippen LogP contribution in [0.25, 0.3) is 62.1 Å². The van der Waals surface area contributed by atoms with E-state index in [1.54, 1.807) is 4.88 Å². The molecule has 0 atom stereocenters. The second-order valence-electron chi connectivity index (χ2n) is 14.8. The van der Waals surface area contributed by atoms with Crippen molar-refractivity contribution in [3.63, 3.8) is 0 Å². The maximum atomic E-state index is 2.52. The monoisotopic (exact) mass is 637 g/mol. The second-order valence-corrected chi connectivity index (χ2v) is 15.9. The van der Waals surface area contributed by atoms with Gasteiger partial charge in [0.25, 0.3) is 0 Å². The van der Waals surface area contributed by atoms with Crippen LogP contribution in [0.3, 0.4) is 0 Å². The largest absolute Gasteiger partial charge is 0.309 e. The van der Waals surface area contributed by atoms with Crippen LogP contribution in [-0.2, 0) is 11.8 Å². The zero-order valence-electron chi connectivity index (χ0n) is 27.9. The fraction of sp³-hybridized carbons (Fsp3) is 0.217. The fourth-order valence-corrected chi connectivity index (χ4v) is 10.1. The molecular formula is C46H39NS. The van der Waals surface area contributed by atoms with Crippen molar-refractivity contribution in [2.24, 2.45) is 5.92 Å². The average Bonchev–Trinajstić information content (AvgIpc) is 3.81. The lowest BCUT2D eigenvalue weighted by Gasteiger charge is -2.24. The predicted molar refractivity (Wildman–Crippen MR) is 207 cm³/mol. The third-order valence-electron chi connectivity index (χ3n) is 11.4. The van der Waals surface area contributed by atoms with E-state index in [2.05, 4.69) is 141 Å². The molecule has 4 aliphatic rings. The van der Waals surface area contributed by atoms with Gasteiger partial charge in [-0.15, -0.1) is 11.3 Å². The van der Waals surface area contributed by atoms with Gasteiger partial charge in [0.2, 0.25) is 0 Å². The van der Waals surface area contributed by atoms with Gasteiger partial charge in [0.1, 0.15) is 0 Å². The van der Waals surface area contributed by atoms with Gasteiger partial charge in [-0.05, 0) is 131 Å². The molecule has 0 saturated heterocycles. The number of hydrogen-bond acceptors (Lipinski definition) is 1. The Bertz CT molecular complexity index is 2460. The number of hydrogen-bond donors (Lipinski definition) is 0. The molecule has 0 N–H and O–H groups in total. The first-order chi connectivity index (χ1) is 23.5. The quantitative estimate of drug-likeness (QED) is 0.181. The summed E-state index contributed by atoms with van der Waals surface area (Å²) in [4.78, 5) is 1.55. The number of allylic oxidation sites excluding steroid dienone is 4. The van der Waals surface area contributed by atoms with Crippen LogP contribution >= 0.6 is 11.3 Å². The standard InChI is InChI=1S/C46H39NS/c1-28-11-4-5-12-30(28)25-37(29-19-20-29)31-13-10-17-41-38(26-31)34-14-6-8-16-40(34)47(41)32-21-22-33-35-23-24-43-44(36-15-7-9-18-42(36)48-43)45(35)46(2,3)39(33)27-32/h4-8,10-12,14-17,21-27,29H,9,13,18-20H2,1-3H3/b37-25+.